The van der Waals surface area contributed by atoms with Gasteiger partial charge < -0.3 is 10.6 Å². The summed E-state index contributed by atoms with van der Waals surface area (Å²) in [4.78, 5) is 13.4. The van der Waals surface area contributed by atoms with Gasteiger partial charge in [-0.05, 0) is 50.0 Å². The number of rotatable bonds is 3. The normalized spacial score (nSPS) is 19.1. The number of fused-ring (bicyclic) bond motifs is 1. The van der Waals surface area contributed by atoms with Gasteiger partial charge in [-0.1, -0.05) is 18.2 Å². The molecule has 0 unspecified atom stereocenters. The van der Waals surface area contributed by atoms with E-state index < -0.39 is 0 Å². The number of aryl methyl sites for hydroxylation is 1. The predicted octanol–water partition coefficient (Wildman–Crippen LogP) is 1.34. The average Bonchev–Trinajstić information content (AvgIpc) is 2.27. The zero-order valence-corrected chi connectivity index (χ0v) is 10.6. The number of nitrogens with two attached hydrogens (primary N) is 1. The lowest BCUT2D eigenvalue weighted by atomic mass is 9.83. The lowest BCUT2D eigenvalue weighted by Crippen LogP contribution is -2.28. The molecular formula is C14H20N2O. The first-order valence-electron chi connectivity index (χ1n) is 6.11. The van der Waals surface area contributed by atoms with Crippen LogP contribution in [0.2, 0.25) is 0 Å². The van der Waals surface area contributed by atoms with Crippen molar-refractivity contribution in [1.29, 1.82) is 0 Å². The Labute approximate surface area is 103 Å². The molecule has 17 heavy (non-hydrogen) atoms. The van der Waals surface area contributed by atoms with Crippen molar-refractivity contribution in [2.24, 2.45) is 11.7 Å². The standard InChI is InChI=1S/C14H20N2O/c1-16(2)9-10-3-4-12-8-13(14(15)17)6-5-11(12)7-10/h3-4,7,13H,5-6,8-9H2,1-2H3,(H2,15,17)/t13-/m0/s1. The van der Waals surface area contributed by atoms with Crippen LogP contribution in [0.4, 0.5) is 0 Å². The molecule has 0 spiro atoms. The Morgan fingerprint density at radius 2 is 2.18 bits per heavy atom. The van der Waals surface area contributed by atoms with Gasteiger partial charge in [0.25, 0.3) is 0 Å². The first kappa shape index (κ1) is 12.1. The summed E-state index contributed by atoms with van der Waals surface area (Å²) in [6, 6.07) is 6.58. The average molecular weight is 232 g/mol. The van der Waals surface area contributed by atoms with Gasteiger partial charge >= 0.3 is 0 Å². The van der Waals surface area contributed by atoms with Crippen LogP contribution in [-0.4, -0.2) is 24.9 Å². The lowest BCUT2D eigenvalue weighted by molar-refractivity contribution is -0.122. The number of nitrogens with zero attached hydrogens (tertiary/aromatic N) is 1. The van der Waals surface area contributed by atoms with Crippen LogP contribution in [0.1, 0.15) is 23.1 Å². The maximum atomic E-state index is 11.2. The third-order valence-corrected chi connectivity index (χ3v) is 3.40. The number of hydrogen-bond donors (Lipinski definition) is 1. The van der Waals surface area contributed by atoms with Gasteiger partial charge in [0, 0.05) is 12.5 Å². The molecule has 1 aliphatic carbocycles. The second-order valence-corrected chi connectivity index (χ2v) is 5.18. The molecule has 92 valence electrons. The first-order valence-corrected chi connectivity index (χ1v) is 6.11. The molecule has 0 saturated carbocycles. The highest BCUT2D eigenvalue weighted by Gasteiger charge is 2.22. The number of benzene rings is 1. The van der Waals surface area contributed by atoms with Crippen molar-refractivity contribution in [3.8, 4) is 0 Å². The molecular weight excluding hydrogens is 212 g/mol. The van der Waals surface area contributed by atoms with Gasteiger partial charge in [-0.2, -0.15) is 0 Å². The van der Waals surface area contributed by atoms with E-state index in [9.17, 15) is 4.79 Å². The molecule has 0 bridgehead atoms. The number of amides is 1. The maximum absolute atomic E-state index is 11.2. The SMILES string of the molecule is CN(C)Cc1ccc2c(c1)CC[C@H](C(N)=O)C2. The molecule has 1 aromatic carbocycles. The zero-order chi connectivity index (χ0) is 12.4. The fourth-order valence-electron chi connectivity index (χ4n) is 2.51. The van der Waals surface area contributed by atoms with Gasteiger partial charge in [-0.15, -0.1) is 0 Å². The van der Waals surface area contributed by atoms with Crippen LogP contribution in [0.5, 0.6) is 0 Å². The summed E-state index contributed by atoms with van der Waals surface area (Å²) in [6.45, 7) is 0.965. The van der Waals surface area contributed by atoms with Gasteiger partial charge in [0.15, 0.2) is 0 Å². The molecule has 0 fully saturated rings. The summed E-state index contributed by atoms with van der Waals surface area (Å²) < 4.78 is 0. The third kappa shape index (κ3) is 2.86. The van der Waals surface area contributed by atoms with Crippen LogP contribution in [0.25, 0.3) is 0 Å². The molecule has 2 N–H and O–H groups in total. The van der Waals surface area contributed by atoms with Crippen LogP contribution in [0, 0.1) is 5.92 Å². The van der Waals surface area contributed by atoms with E-state index in [1.807, 2.05) is 0 Å². The summed E-state index contributed by atoms with van der Waals surface area (Å²) >= 11 is 0. The summed E-state index contributed by atoms with van der Waals surface area (Å²) in [5.41, 5.74) is 9.40. The number of hydrogen-bond acceptors (Lipinski definition) is 2. The van der Waals surface area contributed by atoms with Gasteiger partial charge in [0.1, 0.15) is 0 Å². The van der Waals surface area contributed by atoms with Crippen molar-refractivity contribution in [3.63, 3.8) is 0 Å². The third-order valence-electron chi connectivity index (χ3n) is 3.40. The van der Waals surface area contributed by atoms with E-state index >= 15 is 0 Å². The number of carbonyl (C=O) groups is 1. The highest BCUT2D eigenvalue weighted by Crippen LogP contribution is 2.26. The highest BCUT2D eigenvalue weighted by molar-refractivity contribution is 5.77. The second-order valence-electron chi connectivity index (χ2n) is 5.18. The summed E-state index contributed by atoms with van der Waals surface area (Å²) in [6.07, 6.45) is 2.69. The Balaban J connectivity index is 2.16. The quantitative estimate of drug-likeness (QED) is 0.854. The van der Waals surface area contributed by atoms with Crippen LogP contribution in [0.15, 0.2) is 18.2 Å². The van der Waals surface area contributed by atoms with E-state index in [-0.39, 0.29) is 11.8 Å². The van der Waals surface area contributed by atoms with E-state index in [1.165, 1.54) is 16.7 Å². The van der Waals surface area contributed by atoms with E-state index in [4.69, 9.17) is 5.73 Å². The summed E-state index contributed by atoms with van der Waals surface area (Å²) in [5, 5.41) is 0. The molecule has 0 heterocycles. The molecule has 0 aliphatic heterocycles. The molecule has 2 rings (SSSR count). The second kappa shape index (κ2) is 4.88. The molecule has 0 aromatic heterocycles. The minimum absolute atomic E-state index is 0.0298. The van der Waals surface area contributed by atoms with Crippen LogP contribution in [0.3, 0.4) is 0 Å². The van der Waals surface area contributed by atoms with E-state index in [1.54, 1.807) is 0 Å². The largest absolute Gasteiger partial charge is 0.369 e. The molecule has 0 radical (unpaired) electrons. The maximum Gasteiger partial charge on any atom is 0.220 e. The number of primary amides is 1. The van der Waals surface area contributed by atoms with E-state index in [2.05, 4.69) is 37.2 Å². The molecule has 0 saturated heterocycles. The first-order chi connectivity index (χ1) is 8.06. The van der Waals surface area contributed by atoms with Crippen molar-refractivity contribution >= 4 is 5.91 Å². The predicted molar refractivity (Wildman–Crippen MR) is 68.5 cm³/mol. The molecule has 1 aromatic rings. The lowest BCUT2D eigenvalue weighted by Gasteiger charge is -2.23. The van der Waals surface area contributed by atoms with E-state index in [0.717, 1.165) is 25.8 Å². The van der Waals surface area contributed by atoms with Gasteiger partial charge in [-0.25, -0.2) is 0 Å². The van der Waals surface area contributed by atoms with Gasteiger partial charge in [-0.3, -0.25) is 4.79 Å². The summed E-state index contributed by atoms with van der Waals surface area (Å²) in [5.74, 6) is -0.129. The molecule has 1 aliphatic rings. The Morgan fingerprint density at radius 1 is 1.41 bits per heavy atom. The summed E-state index contributed by atoms with van der Waals surface area (Å²) in [7, 11) is 4.14. The molecule has 1 amide bonds. The van der Waals surface area contributed by atoms with Crippen LogP contribution < -0.4 is 5.73 Å². The monoisotopic (exact) mass is 232 g/mol. The highest BCUT2D eigenvalue weighted by atomic mass is 16.1. The Kier molecular flexibility index (Phi) is 3.48. The van der Waals surface area contributed by atoms with E-state index in [0.29, 0.717) is 0 Å². The Bertz CT molecular complexity index is 426. The topological polar surface area (TPSA) is 46.3 Å². The van der Waals surface area contributed by atoms with Gasteiger partial charge in [0.2, 0.25) is 5.91 Å². The zero-order valence-electron chi connectivity index (χ0n) is 10.6. The minimum atomic E-state index is -0.159. The van der Waals surface area contributed by atoms with Crippen molar-refractivity contribution < 1.29 is 4.79 Å². The van der Waals surface area contributed by atoms with Crippen LogP contribution >= 0.6 is 0 Å². The van der Waals surface area contributed by atoms with Crippen molar-refractivity contribution in [3.05, 3.63) is 34.9 Å². The van der Waals surface area contributed by atoms with Crippen LogP contribution in [-0.2, 0) is 24.2 Å². The Hall–Kier alpha value is -1.35. The Morgan fingerprint density at radius 3 is 2.82 bits per heavy atom. The van der Waals surface area contributed by atoms with Crippen molar-refractivity contribution in [1.82, 2.24) is 4.90 Å². The number of carbonyl (C=O) groups excluding carboxylic acids is 1. The van der Waals surface area contributed by atoms with Crippen molar-refractivity contribution in [2.45, 2.75) is 25.8 Å². The minimum Gasteiger partial charge on any atom is -0.369 e. The molecule has 1 atom stereocenters. The fourth-order valence-corrected chi connectivity index (χ4v) is 2.51. The molecule has 3 heteroatoms. The smallest absolute Gasteiger partial charge is 0.220 e. The fraction of sp³-hybridized carbons (Fsp3) is 0.500. The van der Waals surface area contributed by atoms with Crippen molar-refractivity contribution in [2.75, 3.05) is 14.1 Å². The van der Waals surface area contributed by atoms with Gasteiger partial charge in [0.05, 0.1) is 0 Å². The molecule has 3 nitrogen and oxygen atoms in total.